The van der Waals surface area contributed by atoms with Crippen LogP contribution in [0.25, 0.3) is 5.57 Å². The molecule has 30 heavy (non-hydrogen) atoms. The number of hydrogen-bond acceptors (Lipinski definition) is 8. The summed E-state index contributed by atoms with van der Waals surface area (Å²) < 4.78 is -0.646. The molecule has 0 aliphatic rings. The zero-order valence-corrected chi connectivity index (χ0v) is 16.9. The highest BCUT2D eigenvalue weighted by atomic mass is 35.5. The number of halogens is 4. The molecule has 2 rings (SSSR count). The topological polar surface area (TPSA) is 173 Å². The SMILES string of the molecule is O=[N+]([O-])c1cc(C(=C(Cl)Cl)c2cc([N+](=O)[O-])c(Cl)c([N+](=O)[O-])c2)cc([N+](=O)[O-])c1Cl. The lowest BCUT2D eigenvalue weighted by Gasteiger charge is -2.10. The maximum absolute atomic E-state index is 11.2. The summed E-state index contributed by atoms with van der Waals surface area (Å²) in [5.74, 6) is 0. The first-order valence-electron chi connectivity index (χ1n) is 7.17. The number of nitrogens with zero attached hydrogens (tertiary/aromatic N) is 4. The van der Waals surface area contributed by atoms with Crippen LogP contribution in [0.5, 0.6) is 0 Å². The summed E-state index contributed by atoms with van der Waals surface area (Å²) in [6.07, 6.45) is 0. The Labute approximate surface area is 184 Å². The molecule has 0 saturated carbocycles. The van der Waals surface area contributed by atoms with E-state index in [1.165, 1.54) is 0 Å². The number of nitro groups is 4. The molecule has 156 valence electrons. The molecule has 0 atom stereocenters. The minimum Gasteiger partial charge on any atom is -0.258 e. The molecule has 2 aromatic carbocycles. The van der Waals surface area contributed by atoms with Crippen molar-refractivity contribution in [3.8, 4) is 0 Å². The van der Waals surface area contributed by atoms with Gasteiger partial charge in [-0.2, -0.15) is 0 Å². The lowest BCUT2D eigenvalue weighted by molar-refractivity contribution is -0.394. The van der Waals surface area contributed by atoms with Crippen LogP contribution in [0.4, 0.5) is 22.7 Å². The molecule has 0 aromatic heterocycles. The van der Waals surface area contributed by atoms with E-state index in [2.05, 4.69) is 0 Å². The molecule has 2 aromatic rings. The summed E-state index contributed by atoms with van der Waals surface area (Å²) in [6.45, 7) is 0. The molecule has 0 heterocycles. The molecule has 0 amide bonds. The number of nitro benzene ring substituents is 4. The van der Waals surface area contributed by atoms with Gasteiger partial charge in [-0.1, -0.05) is 46.4 Å². The number of benzene rings is 2. The first-order valence-corrected chi connectivity index (χ1v) is 8.68. The second-order valence-corrected chi connectivity index (χ2v) is 7.03. The molecule has 0 unspecified atom stereocenters. The van der Waals surface area contributed by atoms with Crippen molar-refractivity contribution in [1.29, 1.82) is 0 Å². The van der Waals surface area contributed by atoms with Crippen LogP contribution in [0, 0.1) is 40.5 Å². The second kappa shape index (κ2) is 8.75. The van der Waals surface area contributed by atoms with Crippen LogP contribution in [0.1, 0.15) is 11.1 Å². The van der Waals surface area contributed by atoms with Crippen LogP contribution >= 0.6 is 46.4 Å². The Kier molecular flexibility index (Phi) is 6.77. The van der Waals surface area contributed by atoms with Gasteiger partial charge >= 0.3 is 0 Å². The van der Waals surface area contributed by atoms with Gasteiger partial charge in [0.25, 0.3) is 22.7 Å². The summed E-state index contributed by atoms with van der Waals surface area (Å²) in [5, 5.41) is 43.3. The molecule has 16 heteroatoms. The van der Waals surface area contributed by atoms with Crippen molar-refractivity contribution in [1.82, 2.24) is 0 Å². The lowest BCUT2D eigenvalue weighted by atomic mass is 9.97. The lowest BCUT2D eigenvalue weighted by Crippen LogP contribution is -2.01. The Morgan fingerprint density at radius 3 is 1.00 bits per heavy atom. The van der Waals surface area contributed by atoms with Crippen molar-refractivity contribution in [2.45, 2.75) is 0 Å². The van der Waals surface area contributed by atoms with E-state index < -0.39 is 62.6 Å². The molecular weight excluding hydrogens is 494 g/mol. The molecule has 0 spiro atoms. The maximum Gasteiger partial charge on any atom is 0.295 e. The Balaban J connectivity index is 2.94. The molecule has 0 radical (unpaired) electrons. The van der Waals surface area contributed by atoms with Crippen LogP contribution in [0.3, 0.4) is 0 Å². The minimum absolute atomic E-state index is 0.344. The monoisotopic (exact) mass is 496 g/mol. The quantitative estimate of drug-likeness (QED) is 0.354. The molecule has 0 aliphatic carbocycles. The Hall–Kier alpha value is -3.06. The van der Waals surface area contributed by atoms with Crippen LogP contribution in [0.2, 0.25) is 10.0 Å². The van der Waals surface area contributed by atoms with Crippen molar-refractivity contribution in [2.75, 3.05) is 0 Å². The van der Waals surface area contributed by atoms with E-state index in [1.807, 2.05) is 0 Å². The van der Waals surface area contributed by atoms with Crippen molar-refractivity contribution in [3.63, 3.8) is 0 Å². The Morgan fingerprint density at radius 2 is 0.833 bits per heavy atom. The van der Waals surface area contributed by atoms with E-state index in [4.69, 9.17) is 46.4 Å². The fraction of sp³-hybridized carbons (Fsp3) is 0. The smallest absolute Gasteiger partial charge is 0.258 e. The Bertz CT molecular complexity index is 1010. The highest BCUT2D eigenvalue weighted by molar-refractivity contribution is 6.59. The third kappa shape index (κ3) is 4.41. The van der Waals surface area contributed by atoms with E-state index in [0.29, 0.717) is 0 Å². The molecule has 12 nitrogen and oxygen atoms in total. The number of hydrogen-bond donors (Lipinski definition) is 0. The largest absolute Gasteiger partial charge is 0.295 e. The van der Waals surface area contributed by atoms with Crippen molar-refractivity contribution in [3.05, 3.63) is 90.4 Å². The summed E-state index contributed by atoms with van der Waals surface area (Å²) >= 11 is 23.0. The van der Waals surface area contributed by atoms with Gasteiger partial charge in [-0.25, -0.2) is 0 Å². The zero-order chi connectivity index (χ0) is 22.9. The summed E-state index contributed by atoms with van der Waals surface area (Å²) in [5.41, 5.74) is -4.62. The van der Waals surface area contributed by atoms with Gasteiger partial charge in [0.05, 0.1) is 19.7 Å². The predicted molar refractivity (Wildman–Crippen MR) is 107 cm³/mol. The maximum atomic E-state index is 11.2. The molecule has 0 bridgehead atoms. The average molecular weight is 498 g/mol. The standard InChI is InChI=1S/C14H4Cl4N4O8/c15-12-7(19(23)24)1-5(2-8(12)20(25)26)11(14(17)18)6-3-9(21(27)28)13(16)10(4-6)22(29)30/h1-4H. The predicted octanol–water partition coefficient (Wildman–Crippen LogP) is 5.82. The van der Waals surface area contributed by atoms with E-state index in [1.54, 1.807) is 0 Å². The van der Waals surface area contributed by atoms with E-state index >= 15 is 0 Å². The van der Waals surface area contributed by atoms with Gasteiger partial charge in [0, 0.05) is 29.8 Å². The minimum atomic E-state index is -1.01. The molecule has 0 N–H and O–H groups in total. The van der Waals surface area contributed by atoms with Gasteiger partial charge in [0.15, 0.2) is 10.0 Å². The van der Waals surface area contributed by atoms with Gasteiger partial charge in [-0.05, 0) is 11.1 Å². The van der Waals surface area contributed by atoms with Gasteiger partial charge in [-0.3, -0.25) is 40.5 Å². The second-order valence-electron chi connectivity index (χ2n) is 5.32. The van der Waals surface area contributed by atoms with Crippen LogP contribution in [-0.4, -0.2) is 19.7 Å². The van der Waals surface area contributed by atoms with Gasteiger partial charge in [0.1, 0.15) is 4.49 Å². The van der Waals surface area contributed by atoms with Gasteiger partial charge in [0.2, 0.25) is 0 Å². The Morgan fingerprint density at radius 1 is 0.600 bits per heavy atom. The van der Waals surface area contributed by atoms with E-state index in [-0.39, 0.29) is 11.1 Å². The van der Waals surface area contributed by atoms with E-state index in [9.17, 15) is 40.5 Å². The fourth-order valence-electron chi connectivity index (χ4n) is 2.39. The van der Waals surface area contributed by atoms with Gasteiger partial charge in [-0.15, -0.1) is 0 Å². The summed E-state index contributed by atoms with van der Waals surface area (Å²) in [7, 11) is 0. The van der Waals surface area contributed by atoms with Crippen molar-refractivity contribution in [2.24, 2.45) is 0 Å². The number of rotatable bonds is 6. The highest BCUT2D eigenvalue weighted by Crippen LogP contribution is 2.43. The average Bonchev–Trinajstić information content (AvgIpc) is 2.62. The van der Waals surface area contributed by atoms with Crippen LogP contribution in [0.15, 0.2) is 28.8 Å². The third-order valence-corrected chi connectivity index (χ3v) is 4.77. The molecule has 0 fully saturated rings. The van der Waals surface area contributed by atoms with Gasteiger partial charge < -0.3 is 0 Å². The van der Waals surface area contributed by atoms with E-state index in [0.717, 1.165) is 24.3 Å². The molecule has 0 aliphatic heterocycles. The normalized spacial score (nSPS) is 10.4. The molecule has 0 saturated heterocycles. The first kappa shape index (κ1) is 23.2. The summed E-state index contributed by atoms with van der Waals surface area (Å²) in [6, 6.07) is 3.12. The first-order chi connectivity index (χ1) is 13.9. The fourth-order valence-corrected chi connectivity index (χ4v) is 3.32. The van der Waals surface area contributed by atoms with Crippen LogP contribution < -0.4 is 0 Å². The van der Waals surface area contributed by atoms with Crippen LogP contribution in [-0.2, 0) is 0 Å². The third-order valence-electron chi connectivity index (χ3n) is 3.62. The van der Waals surface area contributed by atoms with Crippen molar-refractivity contribution >= 4 is 74.7 Å². The summed E-state index contributed by atoms with van der Waals surface area (Å²) in [4.78, 5) is 40.9. The van der Waals surface area contributed by atoms with Crippen molar-refractivity contribution < 1.29 is 19.7 Å². The highest BCUT2D eigenvalue weighted by Gasteiger charge is 2.30. The molecular formula is C14H4Cl4N4O8. The zero-order valence-electron chi connectivity index (χ0n) is 13.9.